The maximum atomic E-state index is 4.71. The third kappa shape index (κ3) is 3.80. The first-order chi connectivity index (χ1) is 12.4. The van der Waals surface area contributed by atoms with Gasteiger partial charge in [-0.25, -0.2) is 19.9 Å². The zero-order valence-corrected chi connectivity index (χ0v) is 13.8. The predicted molar refractivity (Wildman–Crippen MR) is 92.9 cm³/mol. The van der Waals surface area contributed by atoms with E-state index >= 15 is 0 Å². The molecule has 0 aromatic carbocycles. The number of aromatic nitrogens is 6. The van der Waals surface area contributed by atoms with Crippen LogP contribution in [-0.4, -0.2) is 41.3 Å². The molecule has 8 heteroatoms. The first-order valence-corrected chi connectivity index (χ1v) is 8.47. The summed E-state index contributed by atoms with van der Waals surface area (Å²) in [6.07, 6.45) is 13.9. The fraction of sp³-hybridized carbons (Fsp3) is 0.353. The molecule has 1 atom stereocenters. The van der Waals surface area contributed by atoms with Gasteiger partial charge in [-0.15, -0.1) is 0 Å². The summed E-state index contributed by atoms with van der Waals surface area (Å²) in [6.45, 7) is 1.84. The van der Waals surface area contributed by atoms with Crippen molar-refractivity contribution in [3.8, 4) is 0 Å². The van der Waals surface area contributed by atoms with Crippen LogP contribution in [0.5, 0.6) is 0 Å². The summed E-state index contributed by atoms with van der Waals surface area (Å²) in [6, 6.07) is 2.26. The molecule has 8 nitrogen and oxygen atoms in total. The molecule has 0 radical (unpaired) electrons. The maximum Gasteiger partial charge on any atom is 0.228 e. The number of anilines is 2. The van der Waals surface area contributed by atoms with Crippen molar-refractivity contribution in [2.24, 2.45) is 0 Å². The lowest BCUT2D eigenvalue weighted by Gasteiger charge is -2.34. The van der Waals surface area contributed by atoms with E-state index in [0.29, 0.717) is 11.8 Å². The average Bonchev–Trinajstić information content (AvgIpc) is 3.16. The Morgan fingerprint density at radius 3 is 2.96 bits per heavy atom. The minimum atomic E-state index is 0.268. The average molecular weight is 336 g/mol. The number of piperidine rings is 1. The number of nitrogens with zero attached hydrogens (tertiary/aromatic N) is 6. The van der Waals surface area contributed by atoms with E-state index in [9.17, 15) is 0 Å². The van der Waals surface area contributed by atoms with Gasteiger partial charge in [0, 0.05) is 31.0 Å². The van der Waals surface area contributed by atoms with E-state index in [1.165, 1.54) is 12.8 Å². The monoisotopic (exact) mass is 336 g/mol. The van der Waals surface area contributed by atoms with Gasteiger partial charge in [-0.1, -0.05) is 6.42 Å². The van der Waals surface area contributed by atoms with Crippen molar-refractivity contribution >= 4 is 11.8 Å². The van der Waals surface area contributed by atoms with Crippen LogP contribution >= 0.6 is 0 Å². The van der Waals surface area contributed by atoms with Crippen molar-refractivity contribution in [3.05, 3.63) is 54.8 Å². The number of hydrogen-bond donors (Lipinski definition) is 2. The van der Waals surface area contributed by atoms with E-state index in [1.807, 2.05) is 12.3 Å². The lowest BCUT2D eigenvalue weighted by molar-refractivity contribution is 0.134. The fourth-order valence-electron chi connectivity index (χ4n) is 3.19. The van der Waals surface area contributed by atoms with E-state index in [0.717, 1.165) is 31.0 Å². The zero-order chi connectivity index (χ0) is 16.9. The molecule has 1 saturated heterocycles. The zero-order valence-electron chi connectivity index (χ0n) is 13.8. The number of likely N-dealkylation sites (tertiary alicyclic amines) is 1. The number of rotatable bonds is 5. The molecule has 0 spiro atoms. The van der Waals surface area contributed by atoms with Crippen LogP contribution in [0, 0.1) is 0 Å². The second-order valence-corrected chi connectivity index (χ2v) is 6.04. The van der Waals surface area contributed by atoms with Gasteiger partial charge in [0.2, 0.25) is 5.95 Å². The molecule has 1 aliphatic rings. The van der Waals surface area contributed by atoms with Crippen molar-refractivity contribution in [3.63, 3.8) is 0 Å². The molecular formula is C17H20N8. The highest BCUT2D eigenvalue weighted by Crippen LogP contribution is 2.31. The topological polar surface area (TPSA) is 95.5 Å². The Balaban J connectivity index is 1.53. The molecule has 25 heavy (non-hydrogen) atoms. The largest absolute Gasteiger partial charge is 0.348 e. The molecule has 4 rings (SSSR count). The van der Waals surface area contributed by atoms with Gasteiger partial charge in [-0.05, 0) is 25.5 Å². The van der Waals surface area contributed by atoms with Gasteiger partial charge in [0.15, 0.2) is 5.82 Å². The van der Waals surface area contributed by atoms with Crippen LogP contribution in [0.2, 0.25) is 0 Å². The van der Waals surface area contributed by atoms with Crippen molar-refractivity contribution in [1.82, 2.24) is 34.8 Å². The van der Waals surface area contributed by atoms with Gasteiger partial charge in [0.1, 0.15) is 5.82 Å². The molecule has 0 bridgehead atoms. The molecule has 3 aromatic rings. The molecule has 0 amide bonds. The molecule has 2 N–H and O–H groups in total. The molecule has 0 aliphatic carbocycles. The second kappa shape index (κ2) is 7.35. The Labute approximate surface area is 145 Å². The third-order valence-corrected chi connectivity index (χ3v) is 4.34. The van der Waals surface area contributed by atoms with Crippen molar-refractivity contribution in [2.45, 2.75) is 31.8 Å². The molecular weight excluding hydrogens is 316 g/mol. The highest BCUT2D eigenvalue weighted by Gasteiger charge is 2.26. The van der Waals surface area contributed by atoms with Crippen LogP contribution in [0.1, 0.15) is 36.8 Å². The quantitative estimate of drug-likeness (QED) is 0.739. The fourth-order valence-corrected chi connectivity index (χ4v) is 3.19. The van der Waals surface area contributed by atoms with Gasteiger partial charge in [-0.2, -0.15) is 0 Å². The number of aromatic amines is 1. The summed E-state index contributed by atoms with van der Waals surface area (Å²) in [4.78, 5) is 27.2. The Hall–Kier alpha value is -2.87. The first kappa shape index (κ1) is 15.6. The lowest BCUT2D eigenvalue weighted by Crippen LogP contribution is -2.33. The van der Waals surface area contributed by atoms with Crippen molar-refractivity contribution in [2.75, 3.05) is 11.9 Å². The highest BCUT2D eigenvalue weighted by molar-refractivity contribution is 5.45. The van der Waals surface area contributed by atoms with Crippen LogP contribution in [0.15, 0.2) is 43.2 Å². The van der Waals surface area contributed by atoms with Crippen molar-refractivity contribution in [1.29, 1.82) is 0 Å². The summed E-state index contributed by atoms with van der Waals surface area (Å²) in [5.41, 5.74) is 1.02. The van der Waals surface area contributed by atoms with Gasteiger partial charge in [-0.3, -0.25) is 9.88 Å². The number of hydrogen-bond acceptors (Lipinski definition) is 7. The Morgan fingerprint density at radius 1 is 1.12 bits per heavy atom. The summed E-state index contributed by atoms with van der Waals surface area (Å²) in [5, 5.41) is 3.11. The molecule has 1 aliphatic heterocycles. The summed E-state index contributed by atoms with van der Waals surface area (Å²) in [5.74, 6) is 2.16. The van der Waals surface area contributed by atoms with Crippen LogP contribution in [-0.2, 0) is 6.54 Å². The van der Waals surface area contributed by atoms with E-state index < -0.39 is 0 Å². The smallest absolute Gasteiger partial charge is 0.228 e. The summed E-state index contributed by atoms with van der Waals surface area (Å²) >= 11 is 0. The number of imidazole rings is 1. The molecule has 0 saturated carbocycles. The minimum Gasteiger partial charge on any atom is -0.348 e. The highest BCUT2D eigenvalue weighted by atomic mass is 15.2. The van der Waals surface area contributed by atoms with Crippen molar-refractivity contribution < 1.29 is 0 Å². The molecule has 4 heterocycles. The minimum absolute atomic E-state index is 0.268. The van der Waals surface area contributed by atoms with Gasteiger partial charge in [0.05, 0.1) is 24.5 Å². The van der Waals surface area contributed by atoms with Gasteiger partial charge in [0.25, 0.3) is 0 Å². The van der Waals surface area contributed by atoms with Crippen LogP contribution in [0.25, 0.3) is 0 Å². The molecule has 1 unspecified atom stereocenters. The number of H-pyrrole nitrogens is 1. The Morgan fingerprint density at radius 2 is 2.12 bits per heavy atom. The number of nitrogens with one attached hydrogen (secondary N) is 2. The Bertz CT molecular complexity index is 789. The standard InChI is InChI=1S/C17H20N8/c1-2-10-25(12-16-20-8-9-21-16)14(3-1)13-4-5-22-17(23-13)24-15-11-18-6-7-19-15/h4-9,11,14H,1-3,10,12H2,(H,20,21)(H,19,22,23,24). The maximum absolute atomic E-state index is 4.71. The first-order valence-electron chi connectivity index (χ1n) is 8.47. The van der Waals surface area contributed by atoms with Crippen LogP contribution < -0.4 is 5.32 Å². The lowest BCUT2D eigenvalue weighted by atomic mass is 9.99. The van der Waals surface area contributed by atoms with Crippen LogP contribution in [0.4, 0.5) is 11.8 Å². The third-order valence-electron chi connectivity index (χ3n) is 4.34. The molecule has 1 fully saturated rings. The van der Waals surface area contributed by atoms with Gasteiger partial charge < -0.3 is 10.3 Å². The van der Waals surface area contributed by atoms with E-state index in [-0.39, 0.29) is 6.04 Å². The Kier molecular flexibility index (Phi) is 4.60. The van der Waals surface area contributed by atoms with Gasteiger partial charge >= 0.3 is 0 Å². The van der Waals surface area contributed by atoms with E-state index in [1.54, 1.807) is 31.0 Å². The summed E-state index contributed by atoms with van der Waals surface area (Å²) < 4.78 is 0. The normalized spacial score (nSPS) is 18.2. The van der Waals surface area contributed by atoms with E-state index in [2.05, 4.69) is 35.1 Å². The summed E-state index contributed by atoms with van der Waals surface area (Å²) in [7, 11) is 0. The second-order valence-electron chi connectivity index (χ2n) is 6.04. The molecule has 128 valence electrons. The molecule has 3 aromatic heterocycles. The van der Waals surface area contributed by atoms with Crippen LogP contribution in [0.3, 0.4) is 0 Å². The van der Waals surface area contributed by atoms with E-state index in [4.69, 9.17) is 4.98 Å². The predicted octanol–water partition coefficient (Wildman–Crippen LogP) is 2.46. The SMILES string of the molecule is c1cnc(Nc2nccc(C3CCCCN3Cc3ncc[nH]3)n2)cn1.